The van der Waals surface area contributed by atoms with Crippen LogP contribution in [0.1, 0.15) is 24.1 Å². The molecule has 2 rings (SSSR count). The van der Waals surface area contributed by atoms with Crippen molar-refractivity contribution in [1.82, 2.24) is 0 Å². The average Bonchev–Trinajstić information content (AvgIpc) is 2.45. The summed E-state index contributed by atoms with van der Waals surface area (Å²) in [6.45, 7) is 2.59. The van der Waals surface area contributed by atoms with E-state index in [-0.39, 0.29) is 11.9 Å². The standard InChI is InChI=1S/C16H17BrFNO/c1-2-20-13-8-6-11(7-9-13)15(19)10-12-4-3-5-14(18)16(12)17/h3-9,15H,2,10,19H2,1H3. The summed E-state index contributed by atoms with van der Waals surface area (Å²) in [6.07, 6.45) is 0.576. The summed E-state index contributed by atoms with van der Waals surface area (Å²) >= 11 is 3.26. The van der Waals surface area contributed by atoms with Gasteiger partial charge in [-0.05, 0) is 58.6 Å². The van der Waals surface area contributed by atoms with E-state index in [4.69, 9.17) is 10.5 Å². The zero-order valence-corrected chi connectivity index (χ0v) is 12.9. The quantitative estimate of drug-likeness (QED) is 0.886. The molecule has 0 spiro atoms. The van der Waals surface area contributed by atoms with E-state index in [1.807, 2.05) is 37.3 Å². The molecule has 106 valence electrons. The van der Waals surface area contributed by atoms with Crippen LogP contribution in [-0.2, 0) is 6.42 Å². The van der Waals surface area contributed by atoms with Crippen molar-refractivity contribution in [1.29, 1.82) is 0 Å². The maximum absolute atomic E-state index is 13.5. The number of benzene rings is 2. The Hall–Kier alpha value is -1.39. The second-order valence-electron chi connectivity index (χ2n) is 4.53. The van der Waals surface area contributed by atoms with Crippen molar-refractivity contribution in [3.05, 3.63) is 63.9 Å². The molecular formula is C16H17BrFNO. The minimum absolute atomic E-state index is 0.177. The lowest BCUT2D eigenvalue weighted by Gasteiger charge is -2.14. The molecule has 2 N–H and O–H groups in total. The molecule has 1 atom stereocenters. The first-order chi connectivity index (χ1) is 9.61. The van der Waals surface area contributed by atoms with E-state index < -0.39 is 0 Å². The lowest BCUT2D eigenvalue weighted by Crippen LogP contribution is -2.13. The summed E-state index contributed by atoms with van der Waals surface area (Å²) in [7, 11) is 0. The predicted octanol–water partition coefficient (Wildman–Crippen LogP) is 4.23. The van der Waals surface area contributed by atoms with Gasteiger partial charge in [-0.2, -0.15) is 0 Å². The second kappa shape index (κ2) is 6.86. The van der Waals surface area contributed by atoms with Gasteiger partial charge in [0.1, 0.15) is 11.6 Å². The molecule has 0 fully saturated rings. The van der Waals surface area contributed by atoms with Gasteiger partial charge in [0.05, 0.1) is 11.1 Å². The minimum Gasteiger partial charge on any atom is -0.494 e. The molecule has 2 aromatic carbocycles. The highest BCUT2D eigenvalue weighted by Crippen LogP contribution is 2.25. The highest BCUT2D eigenvalue weighted by molar-refractivity contribution is 9.10. The van der Waals surface area contributed by atoms with Gasteiger partial charge in [0.2, 0.25) is 0 Å². The van der Waals surface area contributed by atoms with Gasteiger partial charge >= 0.3 is 0 Å². The Morgan fingerprint density at radius 2 is 1.90 bits per heavy atom. The van der Waals surface area contributed by atoms with Gasteiger partial charge in [0.15, 0.2) is 0 Å². The number of rotatable bonds is 5. The van der Waals surface area contributed by atoms with Crippen molar-refractivity contribution in [2.24, 2.45) is 5.73 Å². The maximum atomic E-state index is 13.5. The number of halogens is 2. The van der Waals surface area contributed by atoms with E-state index in [9.17, 15) is 4.39 Å². The third-order valence-corrected chi connectivity index (χ3v) is 3.98. The molecule has 4 heteroatoms. The van der Waals surface area contributed by atoms with Crippen molar-refractivity contribution in [3.63, 3.8) is 0 Å². The van der Waals surface area contributed by atoms with Crippen LogP contribution in [0.3, 0.4) is 0 Å². The van der Waals surface area contributed by atoms with Gasteiger partial charge in [0, 0.05) is 6.04 Å². The fourth-order valence-corrected chi connectivity index (χ4v) is 2.46. The second-order valence-corrected chi connectivity index (χ2v) is 5.32. The highest BCUT2D eigenvalue weighted by Gasteiger charge is 2.11. The molecule has 0 heterocycles. The van der Waals surface area contributed by atoms with Crippen LogP contribution in [-0.4, -0.2) is 6.61 Å². The Balaban J connectivity index is 2.11. The van der Waals surface area contributed by atoms with Crippen molar-refractivity contribution >= 4 is 15.9 Å². The van der Waals surface area contributed by atoms with E-state index in [2.05, 4.69) is 15.9 Å². The Kier molecular flexibility index (Phi) is 5.15. The molecule has 0 saturated heterocycles. The molecular weight excluding hydrogens is 321 g/mol. The Morgan fingerprint density at radius 3 is 2.55 bits per heavy atom. The smallest absolute Gasteiger partial charge is 0.137 e. The van der Waals surface area contributed by atoms with Crippen LogP contribution in [0.2, 0.25) is 0 Å². The topological polar surface area (TPSA) is 35.2 Å². The van der Waals surface area contributed by atoms with Crippen LogP contribution >= 0.6 is 15.9 Å². The van der Waals surface area contributed by atoms with Crippen LogP contribution in [0, 0.1) is 5.82 Å². The van der Waals surface area contributed by atoms with Crippen molar-refractivity contribution in [2.75, 3.05) is 6.61 Å². The third-order valence-electron chi connectivity index (χ3n) is 3.09. The van der Waals surface area contributed by atoms with Gasteiger partial charge in [-0.15, -0.1) is 0 Å². The van der Waals surface area contributed by atoms with E-state index in [1.165, 1.54) is 6.07 Å². The number of nitrogens with two attached hydrogens (primary N) is 1. The molecule has 0 aliphatic rings. The molecule has 0 amide bonds. The summed E-state index contributed by atoms with van der Waals surface area (Å²) in [4.78, 5) is 0. The molecule has 2 aromatic rings. The van der Waals surface area contributed by atoms with Crippen molar-refractivity contribution in [2.45, 2.75) is 19.4 Å². The van der Waals surface area contributed by atoms with E-state index in [0.29, 0.717) is 17.5 Å². The van der Waals surface area contributed by atoms with Crippen LogP contribution in [0.25, 0.3) is 0 Å². The normalized spacial score (nSPS) is 12.2. The zero-order valence-electron chi connectivity index (χ0n) is 11.3. The van der Waals surface area contributed by atoms with Gasteiger partial charge in [-0.25, -0.2) is 4.39 Å². The van der Waals surface area contributed by atoms with E-state index >= 15 is 0 Å². The van der Waals surface area contributed by atoms with Crippen LogP contribution in [0.4, 0.5) is 4.39 Å². The first-order valence-electron chi connectivity index (χ1n) is 6.53. The fourth-order valence-electron chi connectivity index (χ4n) is 2.04. The molecule has 2 nitrogen and oxygen atoms in total. The monoisotopic (exact) mass is 337 g/mol. The van der Waals surface area contributed by atoms with Gasteiger partial charge in [-0.3, -0.25) is 0 Å². The largest absolute Gasteiger partial charge is 0.494 e. The Labute approximate surface area is 126 Å². The summed E-state index contributed by atoms with van der Waals surface area (Å²) in [6, 6.07) is 12.5. The van der Waals surface area contributed by atoms with Crippen LogP contribution in [0.5, 0.6) is 5.75 Å². The average molecular weight is 338 g/mol. The molecule has 0 radical (unpaired) electrons. The molecule has 0 saturated carbocycles. The molecule has 0 aliphatic heterocycles. The van der Waals surface area contributed by atoms with Crippen LogP contribution < -0.4 is 10.5 Å². The van der Waals surface area contributed by atoms with Gasteiger partial charge < -0.3 is 10.5 Å². The maximum Gasteiger partial charge on any atom is 0.137 e. The summed E-state index contributed by atoms with van der Waals surface area (Å²) in [5.74, 6) is 0.566. The SMILES string of the molecule is CCOc1ccc(C(N)Cc2cccc(F)c2Br)cc1. The third kappa shape index (κ3) is 3.58. The lowest BCUT2D eigenvalue weighted by atomic mass is 9.99. The summed E-state index contributed by atoms with van der Waals surface area (Å²) in [5, 5.41) is 0. The Bertz CT molecular complexity index is 571. The molecule has 0 bridgehead atoms. The fraction of sp³-hybridized carbons (Fsp3) is 0.250. The molecule has 1 unspecified atom stereocenters. The van der Waals surface area contributed by atoms with E-state index in [1.54, 1.807) is 6.07 Å². The van der Waals surface area contributed by atoms with Crippen molar-refractivity contribution in [3.8, 4) is 5.75 Å². The Morgan fingerprint density at radius 1 is 1.20 bits per heavy atom. The zero-order chi connectivity index (χ0) is 14.5. The van der Waals surface area contributed by atoms with E-state index in [0.717, 1.165) is 16.9 Å². The molecule has 0 aromatic heterocycles. The minimum atomic E-state index is -0.263. The number of ether oxygens (including phenoxy) is 1. The lowest BCUT2D eigenvalue weighted by molar-refractivity contribution is 0.340. The number of hydrogen-bond donors (Lipinski definition) is 1. The van der Waals surface area contributed by atoms with Gasteiger partial charge in [0.25, 0.3) is 0 Å². The number of hydrogen-bond acceptors (Lipinski definition) is 2. The first-order valence-corrected chi connectivity index (χ1v) is 7.32. The summed E-state index contributed by atoms with van der Waals surface area (Å²) in [5.41, 5.74) is 8.06. The van der Waals surface area contributed by atoms with Crippen LogP contribution in [0.15, 0.2) is 46.9 Å². The predicted molar refractivity (Wildman–Crippen MR) is 82.3 cm³/mol. The highest BCUT2D eigenvalue weighted by atomic mass is 79.9. The van der Waals surface area contributed by atoms with Gasteiger partial charge in [-0.1, -0.05) is 24.3 Å². The molecule has 20 heavy (non-hydrogen) atoms. The first kappa shape index (κ1) is 15.0. The van der Waals surface area contributed by atoms with Crippen molar-refractivity contribution < 1.29 is 9.13 Å². The summed E-state index contributed by atoms with van der Waals surface area (Å²) < 4.78 is 19.3. The molecule has 0 aliphatic carbocycles.